The summed E-state index contributed by atoms with van der Waals surface area (Å²) in [7, 11) is 1.14. The molecule has 0 N–H and O–H groups in total. The highest BCUT2D eigenvalue weighted by Gasteiger charge is 2.21. The Balaban J connectivity index is 1.61. The molecular weight excluding hydrogens is 701 g/mol. The average Bonchev–Trinajstić information content (AvgIpc) is 3.12. The lowest BCUT2D eigenvalue weighted by atomic mass is 10.0. The number of rotatable bonds is 32. The first-order chi connectivity index (χ1) is 25.8. The van der Waals surface area contributed by atoms with E-state index in [0.29, 0.717) is 17.4 Å². The van der Waals surface area contributed by atoms with E-state index in [1.807, 2.05) is 21.1 Å². The number of likely N-dealkylation sites (N-methyl/N-ethyl adjacent to an activating group) is 1. The third kappa shape index (κ3) is 26.3. The van der Waals surface area contributed by atoms with E-state index in [1.54, 1.807) is 0 Å². The predicted molar refractivity (Wildman–Crippen MR) is 216 cm³/mol. The van der Waals surface area contributed by atoms with Gasteiger partial charge in [0.2, 0.25) is 0 Å². The van der Waals surface area contributed by atoms with Crippen molar-refractivity contribution in [3.8, 4) is 0 Å². The van der Waals surface area contributed by atoms with Crippen LogP contribution in [-0.4, -0.2) is 70.0 Å². The highest BCUT2D eigenvalue weighted by atomic mass is 31.2. The molecule has 0 fully saturated rings. The van der Waals surface area contributed by atoms with Crippen LogP contribution >= 0.6 is 7.82 Å². The van der Waals surface area contributed by atoms with Gasteiger partial charge < -0.3 is 27.9 Å². The van der Waals surface area contributed by atoms with E-state index in [9.17, 15) is 19.0 Å². The molecule has 0 amide bonds. The molecule has 0 aliphatic carbocycles. The lowest BCUT2D eigenvalue weighted by Gasteiger charge is -2.28. The fourth-order valence-electron chi connectivity index (χ4n) is 6.08. The second-order valence-electron chi connectivity index (χ2n) is 16.0. The minimum Gasteiger partial charge on any atom is -0.756 e. The molecule has 0 aliphatic rings. The van der Waals surface area contributed by atoms with Gasteiger partial charge in [-0.05, 0) is 63.5 Å². The monoisotopic (exact) mass is 773 g/mol. The minimum atomic E-state index is -4.63. The summed E-state index contributed by atoms with van der Waals surface area (Å²) in [4.78, 5) is 37.6. The molecule has 0 bridgehead atoms. The van der Waals surface area contributed by atoms with Crippen molar-refractivity contribution in [3.05, 3.63) is 70.8 Å². The molecule has 2 aromatic rings. The first-order valence-corrected chi connectivity index (χ1v) is 22.1. The second-order valence-corrected chi connectivity index (χ2v) is 17.4. The number of carbonyl (C=O) groups excluding carboxylic acids is 2. The number of ether oxygens (including phenoxy) is 2. The van der Waals surface area contributed by atoms with E-state index >= 15 is 0 Å². The highest BCUT2D eigenvalue weighted by molar-refractivity contribution is 7.45. The number of aryl methyl sites for hydroxylation is 4. The Hall–Kier alpha value is -2.55. The maximum Gasteiger partial charge on any atom is 0.306 e. The summed E-state index contributed by atoms with van der Waals surface area (Å²) in [5.41, 5.74) is 5.40. The van der Waals surface area contributed by atoms with Crippen molar-refractivity contribution in [2.45, 2.75) is 148 Å². The number of hydrogen-bond donors (Lipinski definition) is 0. The van der Waals surface area contributed by atoms with Crippen LogP contribution in [0.1, 0.15) is 138 Å². The van der Waals surface area contributed by atoms with E-state index in [-0.39, 0.29) is 26.1 Å². The van der Waals surface area contributed by atoms with Gasteiger partial charge in [0.05, 0.1) is 27.7 Å². The predicted octanol–water partition coefficient (Wildman–Crippen LogP) is 9.77. The number of hydrogen-bond acceptors (Lipinski definition) is 8. The molecule has 2 rings (SSSR count). The Bertz CT molecular complexity index is 1330. The molecule has 0 radical (unpaired) electrons. The molecule has 0 heterocycles. The van der Waals surface area contributed by atoms with Gasteiger partial charge in [0, 0.05) is 12.8 Å². The molecule has 0 aliphatic heterocycles. The molecule has 2 atom stereocenters. The third-order valence-electron chi connectivity index (χ3n) is 9.59. The lowest BCUT2D eigenvalue weighted by molar-refractivity contribution is -0.870. The number of esters is 2. The standard InChI is InChI=1S/C44H72NO8P/c1-38-26-30-40(31-27-38)22-18-14-10-6-8-12-16-20-24-43(46)50-36-42(37-52-54(48,49)51-35-34-45(3,4)5)53-44(47)25-21-17-13-9-7-11-15-19-23-41-32-28-39(2)29-33-41/h26-33,42H,6-25,34-37H2,1-5H3/t42-/m1/s1. The first-order valence-electron chi connectivity index (χ1n) is 20.7. The molecular formula is C44H72NO8P. The van der Waals surface area contributed by atoms with Crippen LogP contribution in [0.5, 0.6) is 0 Å². The number of quaternary nitrogens is 1. The van der Waals surface area contributed by atoms with E-state index in [1.165, 1.54) is 73.6 Å². The summed E-state index contributed by atoms with van der Waals surface area (Å²) < 4.78 is 33.9. The Morgan fingerprint density at radius 3 is 1.44 bits per heavy atom. The SMILES string of the molecule is Cc1ccc(CCCCCCCCCCC(=O)OC[C@H](COP(=O)([O-])OCC[N+](C)(C)C)OC(=O)CCCCCCCCCCc2ccc(C)cc2)cc1. The Labute approximate surface area is 327 Å². The van der Waals surface area contributed by atoms with Crippen LogP contribution < -0.4 is 4.89 Å². The number of unbranched alkanes of at least 4 members (excludes halogenated alkanes) is 14. The number of carbonyl (C=O) groups is 2. The van der Waals surface area contributed by atoms with E-state index in [0.717, 1.165) is 57.8 Å². The Morgan fingerprint density at radius 1 is 0.593 bits per heavy atom. The fourth-order valence-corrected chi connectivity index (χ4v) is 6.81. The highest BCUT2D eigenvalue weighted by Crippen LogP contribution is 2.38. The van der Waals surface area contributed by atoms with Crippen molar-refractivity contribution in [1.82, 2.24) is 0 Å². The molecule has 0 aromatic heterocycles. The number of phosphoric acid groups is 1. The van der Waals surface area contributed by atoms with E-state index in [4.69, 9.17) is 18.5 Å². The zero-order valence-electron chi connectivity index (χ0n) is 34.3. The lowest BCUT2D eigenvalue weighted by Crippen LogP contribution is -2.37. The number of phosphoric ester groups is 1. The summed E-state index contributed by atoms with van der Waals surface area (Å²) in [6.45, 7) is 3.91. The van der Waals surface area contributed by atoms with Crippen LogP contribution in [0, 0.1) is 13.8 Å². The van der Waals surface area contributed by atoms with Crippen molar-refractivity contribution in [1.29, 1.82) is 0 Å². The van der Waals surface area contributed by atoms with Gasteiger partial charge in [-0.15, -0.1) is 0 Å². The molecule has 0 spiro atoms. The number of nitrogens with zero attached hydrogens (tertiary/aromatic N) is 1. The molecule has 306 valence electrons. The average molecular weight is 774 g/mol. The zero-order chi connectivity index (χ0) is 39.5. The van der Waals surface area contributed by atoms with Crippen LogP contribution in [0.2, 0.25) is 0 Å². The molecule has 2 aromatic carbocycles. The molecule has 1 unspecified atom stereocenters. The summed E-state index contributed by atoms with van der Waals surface area (Å²) in [5, 5.41) is 0. The van der Waals surface area contributed by atoms with Gasteiger partial charge in [-0.1, -0.05) is 137 Å². The van der Waals surface area contributed by atoms with Gasteiger partial charge in [-0.2, -0.15) is 0 Å². The normalized spacial score (nSPS) is 13.4. The fraction of sp³-hybridized carbons (Fsp3) is 0.682. The van der Waals surface area contributed by atoms with Crippen molar-refractivity contribution in [2.75, 3.05) is 47.5 Å². The Kier molecular flexibility index (Phi) is 24.6. The summed E-state index contributed by atoms with van der Waals surface area (Å²) in [6.07, 6.45) is 19.0. The van der Waals surface area contributed by atoms with Gasteiger partial charge in [0.15, 0.2) is 6.10 Å². The molecule has 54 heavy (non-hydrogen) atoms. The van der Waals surface area contributed by atoms with Crippen LogP contribution in [0.3, 0.4) is 0 Å². The van der Waals surface area contributed by atoms with Gasteiger partial charge in [0.25, 0.3) is 7.82 Å². The first kappa shape index (κ1) is 47.6. The van der Waals surface area contributed by atoms with Crippen LogP contribution in [0.4, 0.5) is 0 Å². The van der Waals surface area contributed by atoms with Gasteiger partial charge >= 0.3 is 11.9 Å². The molecule has 0 saturated heterocycles. The van der Waals surface area contributed by atoms with Crippen LogP contribution in [-0.2, 0) is 45.5 Å². The molecule has 10 heteroatoms. The summed E-state index contributed by atoms with van der Waals surface area (Å²) in [6, 6.07) is 17.6. The minimum absolute atomic E-state index is 0.0365. The Morgan fingerprint density at radius 2 is 1.00 bits per heavy atom. The quantitative estimate of drug-likeness (QED) is 0.0313. The van der Waals surface area contributed by atoms with E-state index in [2.05, 4.69) is 62.4 Å². The van der Waals surface area contributed by atoms with Crippen molar-refractivity contribution < 1.29 is 42.1 Å². The smallest absolute Gasteiger partial charge is 0.306 e. The van der Waals surface area contributed by atoms with Crippen LogP contribution in [0.15, 0.2) is 48.5 Å². The summed E-state index contributed by atoms with van der Waals surface area (Å²) >= 11 is 0. The van der Waals surface area contributed by atoms with Gasteiger partial charge in [-0.25, -0.2) is 0 Å². The van der Waals surface area contributed by atoms with Crippen molar-refractivity contribution in [3.63, 3.8) is 0 Å². The topological polar surface area (TPSA) is 111 Å². The third-order valence-corrected chi connectivity index (χ3v) is 10.6. The van der Waals surface area contributed by atoms with E-state index < -0.39 is 32.5 Å². The zero-order valence-corrected chi connectivity index (χ0v) is 35.2. The van der Waals surface area contributed by atoms with Crippen LogP contribution in [0.25, 0.3) is 0 Å². The molecule has 0 saturated carbocycles. The maximum absolute atomic E-state index is 12.7. The second kappa shape index (κ2) is 27.9. The number of benzene rings is 2. The maximum atomic E-state index is 12.7. The van der Waals surface area contributed by atoms with Gasteiger partial charge in [-0.3, -0.25) is 14.2 Å². The molecule has 9 nitrogen and oxygen atoms in total. The van der Waals surface area contributed by atoms with Crippen molar-refractivity contribution >= 4 is 19.8 Å². The summed E-state index contributed by atoms with van der Waals surface area (Å²) in [5.74, 6) is -0.857. The largest absolute Gasteiger partial charge is 0.756 e. The van der Waals surface area contributed by atoms with Crippen molar-refractivity contribution in [2.24, 2.45) is 0 Å². The van der Waals surface area contributed by atoms with Gasteiger partial charge in [0.1, 0.15) is 19.8 Å².